The molecule has 1 saturated heterocycles. The van der Waals surface area contributed by atoms with E-state index in [-0.39, 0.29) is 0 Å². The first-order chi connectivity index (χ1) is 7.89. The zero-order chi connectivity index (χ0) is 12.5. The van der Waals surface area contributed by atoms with Gasteiger partial charge in [0.2, 0.25) is 0 Å². The maximum atomic E-state index is 5.92. The Balaban J connectivity index is 2.07. The van der Waals surface area contributed by atoms with E-state index in [1.54, 1.807) is 0 Å². The molecule has 1 heterocycles. The van der Waals surface area contributed by atoms with Crippen molar-refractivity contribution in [3.63, 3.8) is 0 Å². The Morgan fingerprint density at radius 2 is 1.82 bits per heavy atom. The lowest BCUT2D eigenvalue weighted by Gasteiger charge is -2.47. The van der Waals surface area contributed by atoms with E-state index >= 15 is 0 Å². The van der Waals surface area contributed by atoms with E-state index in [0.717, 1.165) is 18.0 Å². The monoisotopic (exact) mass is 251 g/mol. The van der Waals surface area contributed by atoms with Crippen LogP contribution in [0, 0.1) is 5.41 Å². The highest BCUT2D eigenvalue weighted by Gasteiger charge is 2.39. The predicted molar refractivity (Wildman–Crippen MR) is 74.6 cm³/mol. The van der Waals surface area contributed by atoms with Crippen molar-refractivity contribution in [3.05, 3.63) is 34.9 Å². The molecule has 94 valence electrons. The molecule has 1 aliphatic heterocycles. The molecular formula is C15H22ClN. The second-order valence-corrected chi connectivity index (χ2v) is 6.93. The lowest BCUT2D eigenvalue weighted by molar-refractivity contribution is 0.132. The van der Waals surface area contributed by atoms with Crippen molar-refractivity contribution >= 4 is 11.6 Å². The van der Waals surface area contributed by atoms with Crippen molar-refractivity contribution < 1.29 is 0 Å². The van der Waals surface area contributed by atoms with Crippen LogP contribution in [0.1, 0.15) is 39.2 Å². The molecule has 0 aromatic heterocycles. The topological polar surface area (TPSA) is 12.0 Å². The third kappa shape index (κ3) is 3.46. The molecule has 2 rings (SSSR count). The molecule has 0 amide bonds. The minimum absolute atomic E-state index is 0.312. The van der Waals surface area contributed by atoms with Gasteiger partial charge in [-0.1, -0.05) is 44.5 Å². The maximum Gasteiger partial charge on any atom is 0.0406 e. The predicted octanol–water partition coefficient (Wildman–Crippen LogP) is 4.05. The normalized spacial score (nSPS) is 24.5. The van der Waals surface area contributed by atoms with E-state index in [9.17, 15) is 0 Å². The van der Waals surface area contributed by atoms with Gasteiger partial charge in [0.25, 0.3) is 0 Å². The summed E-state index contributed by atoms with van der Waals surface area (Å²) >= 11 is 5.92. The SMILES string of the molecule is CC(C)(C)CC1(Cc2ccc(Cl)cc2)CCN1. The summed E-state index contributed by atoms with van der Waals surface area (Å²) in [5, 5.41) is 4.47. The Morgan fingerprint density at radius 3 is 2.24 bits per heavy atom. The first-order valence-electron chi connectivity index (χ1n) is 6.38. The van der Waals surface area contributed by atoms with E-state index in [0.29, 0.717) is 11.0 Å². The average Bonchev–Trinajstić information content (AvgIpc) is 2.16. The van der Waals surface area contributed by atoms with Crippen LogP contribution in [0.25, 0.3) is 0 Å². The number of nitrogens with one attached hydrogen (secondary N) is 1. The van der Waals surface area contributed by atoms with Crippen LogP contribution in [0.3, 0.4) is 0 Å². The molecule has 1 aromatic rings. The van der Waals surface area contributed by atoms with Crippen LogP contribution in [-0.4, -0.2) is 12.1 Å². The Morgan fingerprint density at radius 1 is 1.24 bits per heavy atom. The molecule has 1 N–H and O–H groups in total. The molecule has 17 heavy (non-hydrogen) atoms. The van der Waals surface area contributed by atoms with Gasteiger partial charge in [0.05, 0.1) is 0 Å². The van der Waals surface area contributed by atoms with Gasteiger partial charge < -0.3 is 5.32 Å². The zero-order valence-electron chi connectivity index (χ0n) is 11.0. The second kappa shape index (κ2) is 4.62. The van der Waals surface area contributed by atoms with E-state index in [1.807, 2.05) is 12.1 Å². The van der Waals surface area contributed by atoms with Gasteiger partial charge in [0, 0.05) is 10.6 Å². The Kier molecular flexibility index (Phi) is 3.51. The first kappa shape index (κ1) is 12.9. The molecule has 1 atom stereocenters. The molecule has 0 saturated carbocycles. The summed E-state index contributed by atoms with van der Waals surface area (Å²) in [6.45, 7) is 8.10. The molecule has 2 heteroatoms. The van der Waals surface area contributed by atoms with Gasteiger partial charge in [0.1, 0.15) is 0 Å². The van der Waals surface area contributed by atoms with E-state index in [2.05, 4.69) is 38.2 Å². The van der Waals surface area contributed by atoms with Crippen LogP contribution in [0.2, 0.25) is 5.02 Å². The summed E-state index contributed by atoms with van der Waals surface area (Å²) in [6, 6.07) is 8.26. The molecule has 1 aromatic carbocycles. The summed E-state index contributed by atoms with van der Waals surface area (Å²) in [5.74, 6) is 0. The quantitative estimate of drug-likeness (QED) is 0.855. The van der Waals surface area contributed by atoms with E-state index < -0.39 is 0 Å². The smallest absolute Gasteiger partial charge is 0.0406 e. The lowest BCUT2D eigenvalue weighted by Crippen LogP contribution is -2.59. The van der Waals surface area contributed by atoms with Crippen LogP contribution < -0.4 is 5.32 Å². The lowest BCUT2D eigenvalue weighted by atomic mass is 9.71. The number of hydrogen-bond acceptors (Lipinski definition) is 1. The van der Waals surface area contributed by atoms with E-state index in [1.165, 1.54) is 18.4 Å². The van der Waals surface area contributed by atoms with Crippen molar-refractivity contribution in [2.75, 3.05) is 6.54 Å². The standard InChI is InChI=1S/C15H22ClN/c1-14(2,3)11-15(8-9-17-15)10-12-4-6-13(16)7-5-12/h4-7,17H,8-11H2,1-3H3. The summed E-state index contributed by atoms with van der Waals surface area (Å²) in [4.78, 5) is 0. The fourth-order valence-corrected chi connectivity index (χ4v) is 2.98. The molecule has 1 nitrogen and oxygen atoms in total. The summed E-state index contributed by atoms with van der Waals surface area (Å²) in [5.41, 5.74) is 2.07. The largest absolute Gasteiger partial charge is 0.311 e. The van der Waals surface area contributed by atoms with Crippen molar-refractivity contribution in [2.24, 2.45) is 5.41 Å². The third-order valence-electron chi connectivity index (χ3n) is 3.43. The van der Waals surface area contributed by atoms with Crippen LogP contribution >= 0.6 is 11.6 Å². The van der Waals surface area contributed by atoms with Gasteiger partial charge in [-0.2, -0.15) is 0 Å². The average molecular weight is 252 g/mol. The van der Waals surface area contributed by atoms with E-state index in [4.69, 9.17) is 11.6 Å². The first-order valence-corrected chi connectivity index (χ1v) is 6.76. The second-order valence-electron chi connectivity index (χ2n) is 6.50. The summed E-state index contributed by atoms with van der Waals surface area (Å²) in [7, 11) is 0. The van der Waals surface area contributed by atoms with Gasteiger partial charge in [0.15, 0.2) is 0 Å². The highest BCUT2D eigenvalue weighted by molar-refractivity contribution is 6.30. The Labute approximate surface area is 110 Å². The molecule has 1 fully saturated rings. The number of halogens is 1. The van der Waals surface area contributed by atoms with Gasteiger partial charge in [-0.25, -0.2) is 0 Å². The van der Waals surface area contributed by atoms with Crippen LogP contribution in [-0.2, 0) is 6.42 Å². The van der Waals surface area contributed by atoms with Crippen molar-refractivity contribution in [3.8, 4) is 0 Å². The van der Waals surface area contributed by atoms with Crippen molar-refractivity contribution in [1.82, 2.24) is 5.32 Å². The minimum Gasteiger partial charge on any atom is -0.311 e. The number of benzene rings is 1. The number of hydrogen-bond donors (Lipinski definition) is 1. The minimum atomic E-state index is 0.312. The third-order valence-corrected chi connectivity index (χ3v) is 3.68. The van der Waals surface area contributed by atoms with Crippen LogP contribution in [0.5, 0.6) is 0 Å². The van der Waals surface area contributed by atoms with Crippen molar-refractivity contribution in [1.29, 1.82) is 0 Å². The maximum absolute atomic E-state index is 5.92. The highest BCUT2D eigenvalue weighted by Crippen LogP contribution is 2.36. The molecule has 1 aliphatic rings. The van der Waals surface area contributed by atoms with Crippen LogP contribution in [0.4, 0.5) is 0 Å². The molecule has 0 bridgehead atoms. The molecule has 0 spiro atoms. The van der Waals surface area contributed by atoms with Crippen LogP contribution in [0.15, 0.2) is 24.3 Å². The molecule has 0 radical (unpaired) electrons. The van der Waals surface area contributed by atoms with Gasteiger partial charge in [-0.3, -0.25) is 0 Å². The fourth-order valence-electron chi connectivity index (χ4n) is 2.85. The Hall–Kier alpha value is -0.530. The Bertz CT molecular complexity index is 371. The molecule has 0 aliphatic carbocycles. The zero-order valence-corrected chi connectivity index (χ0v) is 11.8. The number of rotatable bonds is 3. The molecular weight excluding hydrogens is 230 g/mol. The summed E-state index contributed by atoms with van der Waals surface area (Å²) < 4.78 is 0. The van der Waals surface area contributed by atoms with Gasteiger partial charge >= 0.3 is 0 Å². The molecule has 1 unspecified atom stereocenters. The van der Waals surface area contributed by atoms with Crippen molar-refractivity contribution in [2.45, 2.75) is 45.6 Å². The fraction of sp³-hybridized carbons (Fsp3) is 0.600. The van der Waals surface area contributed by atoms with Gasteiger partial charge in [-0.15, -0.1) is 0 Å². The van der Waals surface area contributed by atoms with Gasteiger partial charge in [-0.05, 0) is 48.9 Å². The highest BCUT2D eigenvalue weighted by atomic mass is 35.5. The summed E-state index contributed by atoms with van der Waals surface area (Å²) in [6.07, 6.45) is 3.62.